The number of carboxylic acid groups (broad SMARTS) is 2. The highest BCUT2D eigenvalue weighted by Gasteiger charge is 2.34. The van der Waals surface area contributed by atoms with Crippen LogP contribution in [-0.4, -0.2) is 309 Å². The van der Waals surface area contributed by atoms with Crippen LogP contribution in [0.4, 0.5) is 0 Å². The first-order valence-corrected chi connectivity index (χ1v) is 46.8. The van der Waals surface area contributed by atoms with Gasteiger partial charge in [0, 0.05) is 133 Å². The van der Waals surface area contributed by atoms with Crippen LogP contribution in [0.5, 0.6) is 0 Å². The summed E-state index contributed by atoms with van der Waals surface area (Å²) in [5.74, 6) is -5.22. The number of halogens is 6. The number of sulfone groups is 2. The molecule has 31 nitrogen and oxygen atoms in total. The lowest BCUT2D eigenvalue weighted by molar-refractivity contribution is -0.165. The van der Waals surface area contributed by atoms with Crippen molar-refractivity contribution in [3.05, 3.63) is 189 Å². The van der Waals surface area contributed by atoms with E-state index in [0.717, 1.165) is 76.3 Å². The Morgan fingerprint density at radius 3 is 1.04 bits per heavy atom. The molecule has 0 fully saturated rings. The molecule has 0 spiro atoms. The molecule has 6 aromatic rings. The molecule has 3 aliphatic heterocycles. The van der Waals surface area contributed by atoms with Gasteiger partial charge in [0.15, 0.2) is 43.8 Å². The smallest absolute Gasteiger partial charge is 0.335 e. The van der Waals surface area contributed by atoms with Gasteiger partial charge < -0.3 is 99.0 Å². The molecule has 1 amide bonds. The number of nitrogens with one attached hydrogen (secondary N) is 2. The first-order valence-electron chi connectivity index (χ1n) is 39.7. The third-order valence-corrected chi connectivity index (χ3v) is 26.5. The largest absolute Gasteiger partial charge is 0.479 e. The van der Waals surface area contributed by atoms with Crippen LogP contribution in [0.15, 0.2) is 124 Å². The third-order valence-electron chi connectivity index (χ3n) is 19.7. The number of nitrogens with zero attached hydrogens (tertiary/aromatic N) is 3. The number of rotatable bonds is 51. The SMILES string of the molecule is CN1Cc2c(Cl)cc(Cl)cc2[C@H](c2ccc(S(=O)(=O)CCCOCCOCCOCCCC(=O)[C@H](O)[C@@H](O)C(=O)NCCOCCOCCOCCCS(=O)(=O)c3ccc([C@@H]4CN(C)Cc5c(Cl)cc(Cl)cc54)cc3)cc2)C1.CN1Cc2c(Cl)cc(Cl)cc2[C@H](c2ccc(S(=O)(=O)NCCOCCOCCOCCN)cc2)C1.O=C(O)[C@H](O)[C@@H](O)C(=O)O. The Morgan fingerprint density at radius 2 is 0.707 bits per heavy atom. The van der Waals surface area contributed by atoms with Crippen molar-refractivity contribution in [1.82, 2.24) is 24.7 Å². The molecule has 0 aliphatic carbocycles. The first kappa shape index (κ1) is 104. The molecule has 0 aromatic heterocycles. The molecular weight excluding hydrogens is 1790 g/mol. The second-order valence-corrected chi connectivity index (χ2v) is 37.7. The Bertz CT molecular complexity index is 4490. The van der Waals surface area contributed by atoms with E-state index in [9.17, 15) is 54.6 Å². The van der Waals surface area contributed by atoms with Gasteiger partial charge in [0.25, 0.3) is 5.91 Å². The van der Waals surface area contributed by atoms with E-state index in [1.807, 2.05) is 75.7 Å². The number of hydrogen-bond acceptors (Lipinski definition) is 27. The number of aliphatic hydroxyl groups is 4. The molecule has 0 unspecified atom stereocenters. The molecule has 0 bridgehead atoms. The van der Waals surface area contributed by atoms with Crippen LogP contribution in [0.2, 0.25) is 30.1 Å². The van der Waals surface area contributed by atoms with Gasteiger partial charge in [0.05, 0.1) is 125 Å². The summed E-state index contributed by atoms with van der Waals surface area (Å²) < 4.78 is 129. The number of ketones is 1. The number of hydrogen-bond donors (Lipinski definition) is 9. The minimum atomic E-state index is -3.64. The fraction of sp³-hybridized carbons (Fsp3) is 0.518. The Kier molecular flexibility index (Phi) is 45.2. The zero-order valence-electron chi connectivity index (χ0n) is 68.6. The quantitative estimate of drug-likeness (QED) is 0.0167. The number of aliphatic carboxylic acids is 2. The molecule has 7 atom stereocenters. The van der Waals surface area contributed by atoms with Gasteiger partial charge in [-0.3, -0.25) is 9.59 Å². The highest BCUT2D eigenvalue weighted by molar-refractivity contribution is 7.91. The summed E-state index contributed by atoms with van der Waals surface area (Å²) in [5.41, 5.74) is 14.6. The molecular formula is C83H110Cl6N6O25S3. The number of carbonyl (C=O) groups is 4. The second kappa shape index (κ2) is 53.3. The van der Waals surface area contributed by atoms with Crippen molar-refractivity contribution >= 4 is 123 Å². The summed E-state index contributed by atoms with van der Waals surface area (Å²) >= 11 is 38.4. The molecule has 0 saturated heterocycles. The summed E-state index contributed by atoms with van der Waals surface area (Å²) in [6.07, 6.45) is -7.61. The molecule has 6 aromatic carbocycles. The van der Waals surface area contributed by atoms with Crippen LogP contribution >= 0.6 is 69.6 Å². The van der Waals surface area contributed by atoms with E-state index in [1.54, 1.807) is 54.6 Å². The van der Waals surface area contributed by atoms with E-state index in [1.165, 1.54) is 0 Å². The fourth-order valence-electron chi connectivity index (χ4n) is 13.5. The van der Waals surface area contributed by atoms with E-state index >= 15 is 0 Å². The van der Waals surface area contributed by atoms with Gasteiger partial charge in [-0.2, -0.15) is 0 Å². The molecule has 10 N–H and O–H groups in total. The highest BCUT2D eigenvalue weighted by atomic mass is 35.5. The summed E-state index contributed by atoms with van der Waals surface area (Å²) in [6, 6.07) is 32.0. The number of carboxylic acids is 2. The lowest BCUT2D eigenvalue weighted by atomic mass is 9.85. The Morgan fingerprint density at radius 1 is 0.407 bits per heavy atom. The van der Waals surface area contributed by atoms with E-state index in [2.05, 4.69) is 24.7 Å². The Hall–Kier alpha value is -5.73. The van der Waals surface area contributed by atoms with Crippen LogP contribution < -0.4 is 15.8 Å². The summed E-state index contributed by atoms with van der Waals surface area (Å²) in [7, 11) is -4.59. The summed E-state index contributed by atoms with van der Waals surface area (Å²) in [5, 5.41) is 59.0. The number of fused-ring (bicyclic) bond motifs is 3. The van der Waals surface area contributed by atoms with Crippen molar-refractivity contribution in [2.24, 2.45) is 5.73 Å². The summed E-state index contributed by atoms with van der Waals surface area (Å²) in [6.45, 7) is 10.4. The number of ether oxygens (including phenoxy) is 9. The van der Waals surface area contributed by atoms with Crippen molar-refractivity contribution < 1.29 is 118 Å². The number of benzene rings is 6. The third kappa shape index (κ3) is 34.3. The van der Waals surface area contributed by atoms with Crippen molar-refractivity contribution in [1.29, 1.82) is 0 Å². The van der Waals surface area contributed by atoms with Gasteiger partial charge >= 0.3 is 11.9 Å². The standard InChI is InChI=1S/C55H71Cl4N3O14S2.C24H33Cl2N3O5S.C4H6O6/c1-61-34-46(44-30-40(56)32-50(58)48(44)36-61)38-7-11-42(12-8-38)77(67,68)28-4-17-72-21-25-75-24-20-71-16-3-6-52(63)53(64)54(65)55(66)60-15-19-74-23-27-76-26-22-73-18-5-29-78(69,70)43-13-9-39(10-14-43)47-35-62(2)37-49-45(47)31-41(57)33-51(49)59;1-29-16-22(21-14-19(25)15-24(26)23(21)17-29)18-2-4-20(5-3-18)35(30,31)28-7-9-33-11-13-34-12-10-32-8-6-27;5-1(3(7)8)2(6)4(9)10/h7-14,30-33,46-47,53-54,64-65H,3-6,15-29,34-37H2,1-2H3,(H,60,66);2-5,14-15,22,28H,6-13,16-17,27H2,1H3;1-2,5-6H,(H,7,8)(H,9,10)/t46-,47-,53-,54+;22-;1-,2-/m001/s1. The molecule has 0 saturated carbocycles. The van der Waals surface area contributed by atoms with Crippen LogP contribution in [0.1, 0.15) is 93.5 Å². The van der Waals surface area contributed by atoms with Gasteiger partial charge in [-0.05, 0) is 163 Å². The normalized spacial score (nSPS) is 16.7. The van der Waals surface area contributed by atoms with Gasteiger partial charge in [0.2, 0.25) is 10.0 Å². The molecule has 9 rings (SSSR count). The predicted octanol–water partition coefficient (Wildman–Crippen LogP) is 7.50. The van der Waals surface area contributed by atoms with Crippen LogP contribution in [0.25, 0.3) is 0 Å². The number of sulfonamides is 1. The molecule has 123 heavy (non-hydrogen) atoms. The van der Waals surface area contributed by atoms with Crippen molar-refractivity contribution in [2.45, 2.75) is 102 Å². The summed E-state index contributed by atoms with van der Waals surface area (Å²) in [4.78, 5) is 51.5. The number of nitrogens with two attached hydrogens (primary N) is 1. The van der Waals surface area contributed by atoms with Crippen molar-refractivity contribution in [3.63, 3.8) is 0 Å². The van der Waals surface area contributed by atoms with Gasteiger partial charge in [-0.1, -0.05) is 106 Å². The molecule has 40 heteroatoms. The van der Waals surface area contributed by atoms with Gasteiger partial charge in [-0.15, -0.1) is 0 Å². The lowest BCUT2D eigenvalue weighted by Gasteiger charge is -2.33. The molecule has 682 valence electrons. The topological polar surface area (TPSA) is 435 Å². The van der Waals surface area contributed by atoms with E-state index in [-0.39, 0.29) is 156 Å². The highest BCUT2D eigenvalue weighted by Crippen LogP contribution is 2.42. The van der Waals surface area contributed by atoms with E-state index in [4.69, 9.17) is 138 Å². The predicted molar refractivity (Wildman–Crippen MR) is 465 cm³/mol. The van der Waals surface area contributed by atoms with E-state index in [0.29, 0.717) is 95.6 Å². The zero-order valence-corrected chi connectivity index (χ0v) is 75.6. The molecule has 3 heterocycles. The Labute approximate surface area is 748 Å². The lowest BCUT2D eigenvalue weighted by Crippen LogP contribution is -2.46. The number of carbonyl (C=O) groups excluding carboxylic acids is 2. The zero-order chi connectivity index (χ0) is 89.8. The van der Waals surface area contributed by atoms with Crippen LogP contribution in [0, 0.1) is 0 Å². The van der Waals surface area contributed by atoms with E-state index < -0.39 is 77.7 Å². The van der Waals surface area contributed by atoms with Crippen LogP contribution in [0.3, 0.4) is 0 Å². The monoisotopic (exact) mass is 1900 g/mol. The fourth-order valence-corrected chi connectivity index (χ4v) is 18.8. The second-order valence-electron chi connectivity index (χ2n) is 29.2. The average Bonchev–Trinajstić information content (AvgIpc) is 0.784. The number of Topliss-reactive ketones (excluding diaryl/α,β-unsaturated/α-hetero) is 1. The molecule has 0 radical (unpaired) electrons. The maximum Gasteiger partial charge on any atom is 0.335 e. The average molecular weight is 1900 g/mol. The number of likely N-dealkylation sites (N-methyl/N-ethyl adjacent to an activating group) is 3. The van der Waals surface area contributed by atoms with Gasteiger partial charge in [0.1, 0.15) is 6.10 Å². The Balaban J connectivity index is 0.000000378. The maximum atomic E-state index is 13.0. The number of aliphatic hydroxyl groups excluding tert-OH is 4. The molecule has 3 aliphatic rings. The maximum absolute atomic E-state index is 13.0. The minimum absolute atomic E-state index is 0.00674. The van der Waals surface area contributed by atoms with Gasteiger partial charge in [-0.25, -0.2) is 39.6 Å². The minimum Gasteiger partial charge on any atom is -0.479 e. The van der Waals surface area contributed by atoms with Crippen molar-refractivity contribution in [3.8, 4) is 0 Å². The first-order chi connectivity index (χ1) is 58.6. The number of amides is 1. The van der Waals surface area contributed by atoms with Crippen LogP contribution in [-0.2, 0) is 111 Å². The van der Waals surface area contributed by atoms with Crippen molar-refractivity contribution in [2.75, 3.05) is 191 Å².